The van der Waals surface area contributed by atoms with Gasteiger partial charge in [-0.2, -0.15) is 0 Å². The molecular weight excluding hydrogens is 240 g/mol. The monoisotopic (exact) mass is 247 g/mol. The Morgan fingerprint density at radius 3 is 2.53 bits per heavy atom. The third-order valence-corrected chi connectivity index (χ3v) is 2.47. The standard InChI is InChI=1S/C9H8Cl2FN3/c10-6-3-5(4-7(11)8(6)12)15-9-13-1-2-14-9/h3-4H,1-2H2,(H2,13,14,15). The normalized spacial score (nSPS) is 14.7. The van der Waals surface area contributed by atoms with Crippen molar-refractivity contribution in [3.63, 3.8) is 0 Å². The number of anilines is 1. The lowest BCUT2D eigenvalue weighted by molar-refractivity contribution is 0.629. The predicted molar refractivity (Wildman–Crippen MR) is 60.3 cm³/mol. The highest BCUT2D eigenvalue weighted by atomic mass is 35.5. The molecule has 0 saturated carbocycles. The van der Waals surface area contributed by atoms with E-state index < -0.39 is 5.82 Å². The lowest BCUT2D eigenvalue weighted by atomic mass is 10.3. The first-order valence-corrected chi connectivity index (χ1v) is 5.12. The molecule has 1 aromatic rings. The fourth-order valence-electron chi connectivity index (χ4n) is 1.25. The summed E-state index contributed by atoms with van der Waals surface area (Å²) in [5, 5.41) is 5.95. The number of rotatable bonds is 1. The number of nitrogens with one attached hydrogen (secondary N) is 2. The lowest BCUT2D eigenvalue weighted by Crippen LogP contribution is -2.26. The van der Waals surface area contributed by atoms with E-state index in [1.807, 2.05) is 0 Å². The van der Waals surface area contributed by atoms with Gasteiger partial charge in [0.1, 0.15) is 0 Å². The molecule has 2 rings (SSSR count). The summed E-state index contributed by atoms with van der Waals surface area (Å²) in [6.45, 7) is 1.52. The van der Waals surface area contributed by atoms with Crippen LogP contribution in [0.5, 0.6) is 0 Å². The molecule has 1 aliphatic heterocycles. The Balaban J connectivity index is 2.22. The third-order valence-electron chi connectivity index (χ3n) is 1.92. The van der Waals surface area contributed by atoms with Crippen LogP contribution in [0.3, 0.4) is 0 Å². The summed E-state index contributed by atoms with van der Waals surface area (Å²) in [6.07, 6.45) is 0. The molecule has 1 aliphatic rings. The van der Waals surface area contributed by atoms with Crippen LogP contribution >= 0.6 is 23.2 Å². The Morgan fingerprint density at radius 1 is 1.33 bits per heavy atom. The van der Waals surface area contributed by atoms with Crippen molar-refractivity contribution >= 4 is 34.8 Å². The van der Waals surface area contributed by atoms with E-state index >= 15 is 0 Å². The van der Waals surface area contributed by atoms with Gasteiger partial charge in [-0.3, -0.25) is 4.99 Å². The minimum atomic E-state index is -0.606. The second-order valence-corrected chi connectivity index (χ2v) is 3.85. The molecule has 0 aromatic heterocycles. The summed E-state index contributed by atoms with van der Waals surface area (Å²) >= 11 is 11.3. The molecular formula is C9H8Cl2FN3. The molecule has 0 radical (unpaired) electrons. The molecule has 0 fully saturated rings. The van der Waals surface area contributed by atoms with Crippen LogP contribution in [0.2, 0.25) is 10.0 Å². The molecule has 80 valence electrons. The Labute approximate surface area is 96.3 Å². The molecule has 2 N–H and O–H groups in total. The molecule has 0 aliphatic carbocycles. The Bertz CT molecular complexity index is 397. The molecule has 0 atom stereocenters. The maximum atomic E-state index is 13.1. The van der Waals surface area contributed by atoms with Gasteiger partial charge in [0.15, 0.2) is 11.8 Å². The van der Waals surface area contributed by atoms with Crippen LogP contribution < -0.4 is 10.6 Å². The van der Waals surface area contributed by atoms with Crippen molar-refractivity contribution in [1.29, 1.82) is 0 Å². The van der Waals surface area contributed by atoms with Crippen molar-refractivity contribution in [1.82, 2.24) is 5.32 Å². The zero-order valence-corrected chi connectivity index (χ0v) is 9.16. The van der Waals surface area contributed by atoms with E-state index in [-0.39, 0.29) is 10.0 Å². The van der Waals surface area contributed by atoms with E-state index in [0.29, 0.717) is 11.6 Å². The number of halogens is 3. The molecule has 0 bridgehead atoms. The van der Waals surface area contributed by atoms with Gasteiger partial charge >= 0.3 is 0 Å². The summed E-state index contributed by atoms with van der Waals surface area (Å²) in [5.74, 6) is 0.0407. The SMILES string of the molecule is Fc1c(Cl)cc(NC2=NCCN2)cc1Cl. The molecule has 3 nitrogen and oxygen atoms in total. The minimum Gasteiger partial charge on any atom is -0.354 e. The van der Waals surface area contributed by atoms with Gasteiger partial charge < -0.3 is 10.6 Å². The number of nitrogens with zero attached hydrogens (tertiary/aromatic N) is 1. The molecule has 0 spiro atoms. The van der Waals surface area contributed by atoms with Gasteiger partial charge in [0.25, 0.3) is 0 Å². The number of benzene rings is 1. The topological polar surface area (TPSA) is 36.4 Å². The molecule has 1 aromatic carbocycles. The largest absolute Gasteiger partial charge is 0.354 e. The van der Waals surface area contributed by atoms with Gasteiger partial charge in [0, 0.05) is 12.2 Å². The van der Waals surface area contributed by atoms with E-state index in [1.54, 1.807) is 0 Å². The van der Waals surface area contributed by atoms with Crippen molar-refractivity contribution in [3.05, 3.63) is 28.0 Å². The first-order chi connectivity index (χ1) is 7.16. The van der Waals surface area contributed by atoms with Crippen LogP contribution in [-0.4, -0.2) is 19.0 Å². The van der Waals surface area contributed by atoms with Crippen LogP contribution in [0, 0.1) is 5.82 Å². The van der Waals surface area contributed by atoms with Gasteiger partial charge in [-0.05, 0) is 12.1 Å². The second kappa shape index (κ2) is 4.24. The van der Waals surface area contributed by atoms with Gasteiger partial charge in [-0.1, -0.05) is 23.2 Å². The van der Waals surface area contributed by atoms with Crippen molar-refractivity contribution in [2.24, 2.45) is 4.99 Å². The predicted octanol–water partition coefficient (Wildman–Crippen LogP) is 2.50. The number of guanidine groups is 1. The van der Waals surface area contributed by atoms with E-state index in [4.69, 9.17) is 23.2 Å². The zero-order valence-electron chi connectivity index (χ0n) is 7.65. The highest BCUT2D eigenvalue weighted by molar-refractivity contribution is 6.35. The zero-order chi connectivity index (χ0) is 10.8. The fraction of sp³-hybridized carbons (Fsp3) is 0.222. The summed E-state index contributed by atoms with van der Waals surface area (Å²) in [4.78, 5) is 4.13. The Kier molecular flexibility index (Phi) is 2.98. The molecule has 0 unspecified atom stereocenters. The molecule has 0 saturated heterocycles. The average molecular weight is 248 g/mol. The highest BCUT2D eigenvalue weighted by Crippen LogP contribution is 2.27. The van der Waals surface area contributed by atoms with Gasteiger partial charge in [-0.25, -0.2) is 4.39 Å². The first-order valence-electron chi connectivity index (χ1n) is 4.37. The maximum Gasteiger partial charge on any atom is 0.195 e. The van der Waals surface area contributed by atoms with E-state index in [9.17, 15) is 4.39 Å². The van der Waals surface area contributed by atoms with Crippen LogP contribution in [0.25, 0.3) is 0 Å². The summed E-state index contributed by atoms with van der Waals surface area (Å²) in [5.41, 5.74) is 0.611. The summed E-state index contributed by atoms with van der Waals surface area (Å²) < 4.78 is 13.1. The molecule has 0 amide bonds. The smallest absolute Gasteiger partial charge is 0.195 e. The maximum absolute atomic E-state index is 13.1. The van der Waals surface area contributed by atoms with Crippen LogP contribution in [0.15, 0.2) is 17.1 Å². The number of aliphatic imine (C=N–C) groups is 1. The summed E-state index contributed by atoms with van der Waals surface area (Å²) in [6, 6.07) is 2.93. The van der Waals surface area contributed by atoms with Gasteiger partial charge in [0.2, 0.25) is 0 Å². The van der Waals surface area contributed by atoms with Crippen molar-refractivity contribution in [2.75, 3.05) is 18.4 Å². The Morgan fingerprint density at radius 2 is 2.00 bits per heavy atom. The van der Waals surface area contributed by atoms with Crippen molar-refractivity contribution in [3.8, 4) is 0 Å². The van der Waals surface area contributed by atoms with E-state index in [0.717, 1.165) is 13.1 Å². The average Bonchev–Trinajstić information content (AvgIpc) is 2.66. The summed E-state index contributed by atoms with van der Waals surface area (Å²) in [7, 11) is 0. The number of hydrogen-bond acceptors (Lipinski definition) is 3. The van der Waals surface area contributed by atoms with Gasteiger partial charge in [0.05, 0.1) is 16.6 Å². The quantitative estimate of drug-likeness (QED) is 0.749. The van der Waals surface area contributed by atoms with E-state index in [1.165, 1.54) is 12.1 Å². The van der Waals surface area contributed by atoms with Crippen LogP contribution in [0.4, 0.5) is 10.1 Å². The van der Waals surface area contributed by atoms with Crippen molar-refractivity contribution in [2.45, 2.75) is 0 Å². The Hall–Kier alpha value is -1.00. The van der Waals surface area contributed by atoms with Crippen LogP contribution in [0.1, 0.15) is 0 Å². The first kappa shape index (κ1) is 10.5. The second-order valence-electron chi connectivity index (χ2n) is 3.04. The number of hydrogen-bond donors (Lipinski definition) is 2. The highest BCUT2D eigenvalue weighted by Gasteiger charge is 2.10. The van der Waals surface area contributed by atoms with E-state index in [2.05, 4.69) is 15.6 Å². The minimum absolute atomic E-state index is 0.0106. The van der Waals surface area contributed by atoms with Gasteiger partial charge in [-0.15, -0.1) is 0 Å². The van der Waals surface area contributed by atoms with Crippen LogP contribution in [-0.2, 0) is 0 Å². The molecule has 1 heterocycles. The fourth-order valence-corrected chi connectivity index (χ4v) is 1.73. The lowest BCUT2D eigenvalue weighted by Gasteiger charge is -2.08. The third kappa shape index (κ3) is 2.33. The molecule has 6 heteroatoms. The van der Waals surface area contributed by atoms with Crippen molar-refractivity contribution < 1.29 is 4.39 Å². The molecule has 15 heavy (non-hydrogen) atoms.